The molecule has 4 nitrogen and oxygen atoms in total. The van der Waals surface area contributed by atoms with Crippen LogP contribution in [0.1, 0.15) is 46.5 Å². The average Bonchev–Trinajstić information content (AvgIpc) is 2.74. The fourth-order valence-corrected chi connectivity index (χ4v) is 4.43. The van der Waals surface area contributed by atoms with Crippen LogP contribution < -0.4 is 0 Å². The van der Waals surface area contributed by atoms with Crippen LogP contribution in [-0.2, 0) is 9.47 Å². The van der Waals surface area contributed by atoms with Gasteiger partial charge in [-0.2, -0.15) is 0 Å². The molecule has 3 aliphatic rings. The lowest BCUT2D eigenvalue weighted by Crippen LogP contribution is -2.40. The van der Waals surface area contributed by atoms with Crippen molar-refractivity contribution >= 4 is 0 Å². The quantitative estimate of drug-likeness (QED) is 0.760. The Morgan fingerprint density at radius 1 is 1.08 bits per heavy atom. The molecule has 2 aliphatic heterocycles. The first-order chi connectivity index (χ1) is 12.1. The van der Waals surface area contributed by atoms with Crippen molar-refractivity contribution in [2.24, 2.45) is 5.92 Å². The van der Waals surface area contributed by atoms with E-state index in [1.165, 1.54) is 24.1 Å². The molecule has 2 saturated heterocycles. The van der Waals surface area contributed by atoms with Gasteiger partial charge in [0.1, 0.15) is 0 Å². The molecule has 0 bridgehead atoms. The number of hydrogen-bond acceptors (Lipinski definition) is 4. The largest absolute Gasteiger partial charge is 0.379 e. The number of ether oxygens (including phenoxy) is 2. The maximum atomic E-state index is 6.18. The van der Waals surface area contributed by atoms with Crippen LogP contribution in [0.15, 0.2) is 22.9 Å². The van der Waals surface area contributed by atoms with Gasteiger partial charge in [-0.15, -0.1) is 0 Å². The normalized spacial score (nSPS) is 27.4. The van der Waals surface area contributed by atoms with E-state index < -0.39 is 0 Å². The Morgan fingerprint density at radius 2 is 1.80 bits per heavy atom. The maximum Gasteiger partial charge on any atom is 0.0609 e. The van der Waals surface area contributed by atoms with Gasteiger partial charge >= 0.3 is 0 Å². The predicted molar refractivity (Wildman–Crippen MR) is 103 cm³/mol. The average molecular weight is 349 g/mol. The highest BCUT2D eigenvalue weighted by molar-refractivity contribution is 5.34. The highest BCUT2D eigenvalue weighted by atomic mass is 16.5. The summed E-state index contributed by atoms with van der Waals surface area (Å²) < 4.78 is 11.6. The summed E-state index contributed by atoms with van der Waals surface area (Å²) in [6, 6.07) is 0. The molecule has 0 aromatic heterocycles. The topological polar surface area (TPSA) is 24.9 Å². The van der Waals surface area contributed by atoms with E-state index in [1.807, 2.05) is 0 Å². The molecule has 2 heterocycles. The highest BCUT2D eigenvalue weighted by Crippen LogP contribution is 2.31. The molecule has 0 amide bonds. The first-order valence-electron chi connectivity index (χ1n) is 10.2. The van der Waals surface area contributed by atoms with Gasteiger partial charge in [0, 0.05) is 38.4 Å². The summed E-state index contributed by atoms with van der Waals surface area (Å²) in [6.07, 6.45) is 7.74. The van der Waals surface area contributed by atoms with Crippen LogP contribution in [0.4, 0.5) is 0 Å². The molecule has 1 unspecified atom stereocenters. The SMILES string of the molecule is CC1=CC(C)CCC(C)=C1N1CCC(OCCN2CCOCC2)CC1. The van der Waals surface area contributed by atoms with Crippen molar-refractivity contribution < 1.29 is 9.47 Å². The van der Waals surface area contributed by atoms with Gasteiger partial charge in [0.15, 0.2) is 0 Å². The van der Waals surface area contributed by atoms with Crippen LogP contribution in [0.2, 0.25) is 0 Å². The zero-order valence-electron chi connectivity index (χ0n) is 16.4. The number of allylic oxidation sites excluding steroid dienone is 3. The van der Waals surface area contributed by atoms with Crippen LogP contribution in [-0.4, -0.2) is 68.4 Å². The fourth-order valence-electron chi connectivity index (χ4n) is 4.43. The molecule has 0 spiro atoms. The Bertz CT molecular complexity index is 486. The molecule has 4 heteroatoms. The fraction of sp³-hybridized carbons (Fsp3) is 0.810. The first-order valence-corrected chi connectivity index (χ1v) is 10.2. The number of hydrogen-bond donors (Lipinski definition) is 0. The van der Waals surface area contributed by atoms with Gasteiger partial charge in [0.25, 0.3) is 0 Å². The van der Waals surface area contributed by atoms with Gasteiger partial charge in [-0.05, 0) is 56.6 Å². The van der Waals surface area contributed by atoms with Crippen LogP contribution in [0, 0.1) is 5.92 Å². The second-order valence-electron chi connectivity index (χ2n) is 8.01. The second kappa shape index (κ2) is 9.20. The highest BCUT2D eigenvalue weighted by Gasteiger charge is 2.24. The Balaban J connectivity index is 1.44. The van der Waals surface area contributed by atoms with Gasteiger partial charge in [-0.1, -0.05) is 13.0 Å². The summed E-state index contributed by atoms with van der Waals surface area (Å²) in [4.78, 5) is 5.06. The lowest BCUT2D eigenvalue weighted by Gasteiger charge is -2.36. The lowest BCUT2D eigenvalue weighted by atomic mass is 10.0. The Morgan fingerprint density at radius 3 is 2.52 bits per heavy atom. The van der Waals surface area contributed by atoms with Crippen molar-refractivity contribution in [1.82, 2.24) is 9.80 Å². The third-order valence-corrected chi connectivity index (χ3v) is 5.91. The lowest BCUT2D eigenvalue weighted by molar-refractivity contribution is -0.0149. The third kappa shape index (κ3) is 5.32. The van der Waals surface area contributed by atoms with E-state index in [9.17, 15) is 0 Å². The summed E-state index contributed by atoms with van der Waals surface area (Å²) in [5.41, 5.74) is 4.58. The maximum absolute atomic E-state index is 6.18. The van der Waals surface area contributed by atoms with E-state index in [0.29, 0.717) is 12.0 Å². The second-order valence-corrected chi connectivity index (χ2v) is 8.01. The summed E-state index contributed by atoms with van der Waals surface area (Å²) in [7, 11) is 0. The number of likely N-dealkylation sites (tertiary alicyclic amines) is 1. The number of nitrogens with zero attached hydrogens (tertiary/aromatic N) is 2. The molecule has 25 heavy (non-hydrogen) atoms. The standard InChI is InChI=1S/C21H36N2O2/c1-17-4-5-18(2)21(19(3)16-17)23-8-6-20(7-9-23)25-15-12-22-10-13-24-14-11-22/h16-17,20H,4-15H2,1-3H3. The van der Waals surface area contributed by atoms with Crippen LogP contribution in [0.5, 0.6) is 0 Å². The predicted octanol–water partition coefficient (Wildman–Crippen LogP) is 3.45. The van der Waals surface area contributed by atoms with Crippen molar-refractivity contribution in [2.75, 3.05) is 52.5 Å². The molecule has 0 aromatic rings. The molecule has 0 radical (unpaired) electrons. The minimum absolute atomic E-state index is 0.437. The molecule has 0 N–H and O–H groups in total. The third-order valence-electron chi connectivity index (χ3n) is 5.91. The van der Waals surface area contributed by atoms with Gasteiger partial charge in [-0.3, -0.25) is 4.90 Å². The molecular formula is C21H36N2O2. The van der Waals surface area contributed by atoms with Crippen molar-refractivity contribution in [3.63, 3.8) is 0 Å². The van der Waals surface area contributed by atoms with Gasteiger partial charge in [0.05, 0.1) is 25.9 Å². The van der Waals surface area contributed by atoms with Crippen molar-refractivity contribution in [3.05, 3.63) is 22.9 Å². The van der Waals surface area contributed by atoms with Crippen LogP contribution in [0.3, 0.4) is 0 Å². The molecule has 0 saturated carbocycles. The molecular weight excluding hydrogens is 312 g/mol. The van der Waals surface area contributed by atoms with E-state index in [-0.39, 0.29) is 0 Å². The van der Waals surface area contributed by atoms with Gasteiger partial charge in [-0.25, -0.2) is 0 Å². The summed E-state index contributed by atoms with van der Waals surface area (Å²) >= 11 is 0. The van der Waals surface area contributed by atoms with Crippen molar-refractivity contribution in [1.29, 1.82) is 0 Å². The smallest absolute Gasteiger partial charge is 0.0609 e. The monoisotopic (exact) mass is 348 g/mol. The molecule has 3 rings (SSSR count). The van der Waals surface area contributed by atoms with Crippen LogP contribution in [0.25, 0.3) is 0 Å². The molecule has 2 fully saturated rings. The van der Waals surface area contributed by atoms with E-state index in [4.69, 9.17) is 9.47 Å². The van der Waals surface area contributed by atoms with Crippen molar-refractivity contribution in [3.8, 4) is 0 Å². The molecule has 142 valence electrons. The number of piperidine rings is 1. The summed E-state index contributed by atoms with van der Waals surface area (Å²) in [5.74, 6) is 0.702. The number of rotatable bonds is 5. The van der Waals surface area contributed by atoms with E-state index in [2.05, 4.69) is 36.6 Å². The van der Waals surface area contributed by atoms with E-state index in [0.717, 1.165) is 65.4 Å². The van der Waals surface area contributed by atoms with Crippen molar-refractivity contribution in [2.45, 2.75) is 52.6 Å². The van der Waals surface area contributed by atoms with Gasteiger partial charge in [0.2, 0.25) is 0 Å². The minimum atomic E-state index is 0.437. The van der Waals surface area contributed by atoms with E-state index >= 15 is 0 Å². The zero-order chi connectivity index (χ0) is 17.6. The minimum Gasteiger partial charge on any atom is -0.379 e. The molecule has 1 atom stereocenters. The Labute approximate surface area is 153 Å². The van der Waals surface area contributed by atoms with Crippen LogP contribution >= 0.6 is 0 Å². The van der Waals surface area contributed by atoms with E-state index in [1.54, 1.807) is 5.57 Å². The number of morpholine rings is 1. The summed E-state index contributed by atoms with van der Waals surface area (Å²) in [6.45, 7) is 15.0. The Hall–Kier alpha value is -0.840. The zero-order valence-corrected chi connectivity index (χ0v) is 16.4. The molecule has 1 aliphatic carbocycles. The first kappa shape index (κ1) is 18.9. The summed E-state index contributed by atoms with van der Waals surface area (Å²) in [5, 5.41) is 0. The van der Waals surface area contributed by atoms with Gasteiger partial charge < -0.3 is 14.4 Å². The molecule has 0 aromatic carbocycles. The Kier molecular flexibility index (Phi) is 6.97.